The molecule has 0 atom stereocenters. The van der Waals surface area contributed by atoms with Crippen molar-refractivity contribution in [3.8, 4) is 11.5 Å². The minimum atomic E-state index is -5.02. The van der Waals surface area contributed by atoms with Gasteiger partial charge in [-0.2, -0.15) is 0 Å². The van der Waals surface area contributed by atoms with Gasteiger partial charge in [0.2, 0.25) is 5.75 Å². The lowest BCUT2D eigenvalue weighted by molar-refractivity contribution is -0.275. The lowest BCUT2D eigenvalue weighted by atomic mass is 10.3. The van der Waals surface area contributed by atoms with Crippen molar-refractivity contribution in [2.75, 3.05) is 7.11 Å². The van der Waals surface area contributed by atoms with Crippen LogP contribution in [0.5, 0.6) is 11.5 Å². The van der Waals surface area contributed by atoms with Crippen LogP contribution in [0.15, 0.2) is 6.07 Å². The van der Waals surface area contributed by atoms with Crippen molar-refractivity contribution in [3.05, 3.63) is 16.9 Å². The highest BCUT2D eigenvalue weighted by atomic mass is 35.5. The Kier molecular flexibility index (Phi) is 3.97. The molecule has 1 aromatic rings. The van der Waals surface area contributed by atoms with E-state index in [4.69, 9.17) is 11.6 Å². The number of pyridine rings is 1. The molecule has 0 aliphatic carbocycles. The van der Waals surface area contributed by atoms with Gasteiger partial charge in [0.05, 0.1) is 7.11 Å². The van der Waals surface area contributed by atoms with Gasteiger partial charge in [0, 0.05) is 6.07 Å². The van der Waals surface area contributed by atoms with E-state index in [0.29, 0.717) is 6.07 Å². The molecule has 0 aromatic carbocycles. The maximum Gasteiger partial charge on any atom is 0.573 e. The summed E-state index contributed by atoms with van der Waals surface area (Å²) in [4.78, 5) is 3.08. The summed E-state index contributed by atoms with van der Waals surface area (Å²) in [6.45, 7) is 0. The Morgan fingerprint density at radius 3 is 2.35 bits per heavy atom. The van der Waals surface area contributed by atoms with E-state index >= 15 is 0 Å². The van der Waals surface area contributed by atoms with Crippen LogP contribution in [0, 0.1) is 0 Å². The van der Waals surface area contributed by atoms with E-state index in [-0.39, 0.29) is 0 Å². The number of alkyl halides is 5. The molecule has 0 saturated heterocycles. The average Bonchev–Trinajstić information content (AvgIpc) is 2.18. The molecule has 0 unspecified atom stereocenters. The Bertz CT molecular complexity index is 410. The predicted molar refractivity (Wildman–Crippen MR) is 47.4 cm³/mol. The number of hydrogen-bond acceptors (Lipinski definition) is 3. The zero-order chi connectivity index (χ0) is 13.2. The van der Waals surface area contributed by atoms with E-state index in [1.54, 1.807) is 0 Å². The van der Waals surface area contributed by atoms with Crippen LogP contribution in [0.1, 0.15) is 12.1 Å². The molecule has 0 spiro atoms. The zero-order valence-electron chi connectivity index (χ0n) is 8.19. The third kappa shape index (κ3) is 3.58. The van der Waals surface area contributed by atoms with Gasteiger partial charge in [-0.05, 0) is 0 Å². The lowest BCUT2D eigenvalue weighted by Crippen LogP contribution is -2.18. The number of ether oxygens (including phenoxy) is 2. The first-order valence-electron chi connectivity index (χ1n) is 4.03. The topological polar surface area (TPSA) is 31.4 Å². The van der Waals surface area contributed by atoms with Crippen molar-refractivity contribution >= 4 is 11.6 Å². The quantitative estimate of drug-likeness (QED) is 0.625. The molecule has 0 bridgehead atoms. The Morgan fingerprint density at radius 2 is 1.94 bits per heavy atom. The second-order valence-corrected chi connectivity index (χ2v) is 3.08. The van der Waals surface area contributed by atoms with Gasteiger partial charge in [-0.25, -0.2) is 13.8 Å². The molecule has 0 amide bonds. The minimum Gasteiger partial charge on any atom is -0.493 e. The first-order chi connectivity index (χ1) is 7.74. The van der Waals surface area contributed by atoms with Gasteiger partial charge in [0.15, 0.2) is 10.9 Å². The molecule has 0 N–H and O–H groups in total. The van der Waals surface area contributed by atoms with E-state index in [2.05, 4.69) is 14.5 Å². The molecule has 9 heteroatoms. The van der Waals surface area contributed by atoms with Crippen LogP contribution in [-0.4, -0.2) is 18.5 Å². The summed E-state index contributed by atoms with van der Waals surface area (Å²) in [7, 11) is 0.990. The number of hydrogen-bond donors (Lipinski definition) is 0. The number of methoxy groups -OCH3 is 1. The predicted octanol–water partition coefficient (Wildman–Crippen LogP) is 3.58. The molecule has 3 nitrogen and oxygen atoms in total. The molecule has 0 aliphatic heterocycles. The van der Waals surface area contributed by atoms with Crippen molar-refractivity contribution in [1.29, 1.82) is 0 Å². The zero-order valence-corrected chi connectivity index (χ0v) is 8.94. The standard InChI is InChI=1S/C8H5ClF5NO2/c1-16-4-2-3(7(10)11)15-6(9)5(4)17-8(12,13)14/h2,7H,1H3. The second-order valence-electron chi connectivity index (χ2n) is 2.72. The molecule has 1 heterocycles. The Morgan fingerprint density at radius 1 is 1.35 bits per heavy atom. The van der Waals surface area contributed by atoms with Crippen molar-refractivity contribution in [2.24, 2.45) is 0 Å². The number of aromatic nitrogens is 1. The first-order valence-corrected chi connectivity index (χ1v) is 4.40. The summed E-state index contributed by atoms with van der Waals surface area (Å²) < 4.78 is 68.5. The largest absolute Gasteiger partial charge is 0.573 e. The van der Waals surface area contributed by atoms with Crippen LogP contribution < -0.4 is 9.47 Å². The summed E-state index contributed by atoms with van der Waals surface area (Å²) in [6, 6.07) is 0.623. The second kappa shape index (κ2) is 4.91. The summed E-state index contributed by atoms with van der Waals surface area (Å²) in [6.07, 6.45) is -8.01. The molecule has 0 radical (unpaired) electrons. The average molecular weight is 278 g/mol. The number of rotatable bonds is 3. The monoisotopic (exact) mass is 277 g/mol. The Balaban J connectivity index is 3.21. The molecule has 1 rings (SSSR count). The highest BCUT2D eigenvalue weighted by Gasteiger charge is 2.34. The number of halogens is 6. The maximum absolute atomic E-state index is 12.3. The molecule has 96 valence electrons. The van der Waals surface area contributed by atoms with E-state index in [0.717, 1.165) is 7.11 Å². The van der Waals surface area contributed by atoms with Gasteiger partial charge in [-0.3, -0.25) is 0 Å². The fourth-order valence-electron chi connectivity index (χ4n) is 0.969. The third-order valence-corrected chi connectivity index (χ3v) is 1.83. The number of nitrogens with zero attached hydrogens (tertiary/aromatic N) is 1. The van der Waals surface area contributed by atoms with Crippen LogP contribution in [0.3, 0.4) is 0 Å². The van der Waals surface area contributed by atoms with E-state index in [1.807, 2.05) is 0 Å². The normalized spacial score (nSPS) is 11.8. The van der Waals surface area contributed by atoms with Crippen molar-refractivity contribution < 1.29 is 31.4 Å². The van der Waals surface area contributed by atoms with Crippen molar-refractivity contribution in [1.82, 2.24) is 4.98 Å². The summed E-state index contributed by atoms with van der Waals surface area (Å²) in [5.74, 6) is -1.52. The summed E-state index contributed by atoms with van der Waals surface area (Å²) >= 11 is 5.31. The SMILES string of the molecule is COc1cc(C(F)F)nc(Cl)c1OC(F)(F)F. The molecular weight excluding hydrogens is 273 g/mol. The Hall–Kier alpha value is -1.31. The van der Waals surface area contributed by atoms with Gasteiger partial charge in [-0.15, -0.1) is 13.2 Å². The highest BCUT2D eigenvalue weighted by Crippen LogP contribution is 2.39. The van der Waals surface area contributed by atoms with Crippen LogP contribution in [0.25, 0.3) is 0 Å². The third-order valence-electron chi connectivity index (χ3n) is 1.58. The molecule has 1 aromatic heterocycles. The van der Waals surface area contributed by atoms with Crippen molar-refractivity contribution in [2.45, 2.75) is 12.8 Å². The van der Waals surface area contributed by atoms with E-state index < -0.39 is 35.1 Å². The fourth-order valence-corrected chi connectivity index (χ4v) is 1.20. The van der Waals surface area contributed by atoms with Crippen LogP contribution in [0.4, 0.5) is 22.0 Å². The van der Waals surface area contributed by atoms with Gasteiger partial charge in [-0.1, -0.05) is 11.6 Å². The molecule has 0 saturated carbocycles. The fraction of sp³-hybridized carbons (Fsp3) is 0.375. The Labute approximate surface area is 97.1 Å². The molecule has 17 heavy (non-hydrogen) atoms. The molecular formula is C8H5ClF5NO2. The van der Waals surface area contributed by atoms with Gasteiger partial charge < -0.3 is 9.47 Å². The van der Waals surface area contributed by atoms with Gasteiger partial charge in [0.1, 0.15) is 5.69 Å². The van der Waals surface area contributed by atoms with Crippen LogP contribution in [0.2, 0.25) is 5.15 Å². The lowest BCUT2D eigenvalue weighted by Gasteiger charge is -2.14. The molecule has 0 fully saturated rings. The van der Waals surface area contributed by atoms with Crippen LogP contribution >= 0.6 is 11.6 Å². The highest BCUT2D eigenvalue weighted by molar-refractivity contribution is 6.31. The van der Waals surface area contributed by atoms with Gasteiger partial charge in [0.25, 0.3) is 6.43 Å². The summed E-state index contributed by atoms with van der Waals surface area (Å²) in [5.41, 5.74) is -0.804. The van der Waals surface area contributed by atoms with E-state index in [9.17, 15) is 22.0 Å². The van der Waals surface area contributed by atoms with E-state index in [1.165, 1.54) is 0 Å². The van der Waals surface area contributed by atoms with Crippen LogP contribution in [-0.2, 0) is 0 Å². The maximum atomic E-state index is 12.3. The summed E-state index contributed by atoms with van der Waals surface area (Å²) in [5, 5.41) is -0.850. The minimum absolute atomic E-state index is 0.572. The smallest absolute Gasteiger partial charge is 0.493 e. The van der Waals surface area contributed by atoms with Crippen molar-refractivity contribution in [3.63, 3.8) is 0 Å². The first kappa shape index (κ1) is 13.8. The van der Waals surface area contributed by atoms with Gasteiger partial charge >= 0.3 is 6.36 Å². The molecule has 0 aliphatic rings.